The van der Waals surface area contributed by atoms with Gasteiger partial charge in [-0.15, -0.1) is 0 Å². The van der Waals surface area contributed by atoms with Crippen molar-refractivity contribution in [3.05, 3.63) is 35.4 Å². The van der Waals surface area contributed by atoms with E-state index in [1.807, 2.05) is 11.8 Å². The SMILES string of the molecule is CCCN(CCO)CN1C(=O)c2ccccc2C1=O. The monoisotopic (exact) mass is 262 g/mol. The summed E-state index contributed by atoms with van der Waals surface area (Å²) in [4.78, 5) is 27.5. The molecule has 0 aromatic heterocycles. The van der Waals surface area contributed by atoms with Gasteiger partial charge >= 0.3 is 0 Å². The number of aliphatic hydroxyl groups excluding tert-OH is 1. The molecule has 1 aromatic carbocycles. The quantitative estimate of drug-likeness (QED) is 0.775. The standard InChI is InChI=1S/C14H18N2O3/c1-2-7-15(8-9-17)10-16-13(18)11-5-3-4-6-12(11)14(16)19/h3-6,17H,2,7-10H2,1H3. The molecular weight excluding hydrogens is 244 g/mol. The zero-order chi connectivity index (χ0) is 13.8. The van der Waals surface area contributed by atoms with E-state index in [9.17, 15) is 9.59 Å². The number of nitrogens with zero attached hydrogens (tertiary/aromatic N) is 2. The van der Waals surface area contributed by atoms with Crippen molar-refractivity contribution >= 4 is 11.8 Å². The number of hydrogen-bond donors (Lipinski definition) is 1. The third-order valence-corrected chi connectivity index (χ3v) is 3.18. The summed E-state index contributed by atoms with van der Waals surface area (Å²) < 4.78 is 0. The van der Waals surface area contributed by atoms with E-state index < -0.39 is 0 Å². The molecule has 0 saturated carbocycles. The molecule has 102 valence electrons. The molecule has 0 aliphatic carbocycles. The minimum atomic E-state index is -0.250. The van der Waals surface area contributed by atoms with Crippen LogP contribution >= 0.6 is 0 Å². The van der Waals surface area contributed by atoms with Crippen LogP contribution in [0.25, 0.3) is 0 Å². The molecular formula is C14H18N2O3. The van der Waals surface area contributed by atoms with Crippen molar-refractivity contribution < 1.29 is 14.7 Å². The van der Waals surface area contributed by atoms with Gasteiger partial charge in [-0.2, -0.15) is 0 Å². The van der Waals surface area contributed by atoms with Gasteiger partial charge in [0.2, 0.25) is 0 Å². The smallest absolute Gasteiger partial charge is 0.262 e. The van der Waals surface area contributed by atoms with E-state index >= 15 is 0 Å². The van der Waals surface area contributed by atoms with Crippen molar-refractivity contribution in [3.8, 4) is 0 Å². The fourth-order valence-electron chi connectivity index (χ4n) is 2.28. The van der Waals surface area contributed by atoms with Gasteiger partial charge in [-0.25, -0.2) is 0 Å². The molecule has 1 heterocycles. The van der Waals surface area contributed by atoms with Crippen LogP contribution in [0, 0.1) is 0 Å². The van der Waals surface area contributed by atoms with Gasteiger partial charge in [0.25, 0.3) is 11.8 Å². The molecule has 0 bridgehead atoms. The Morgan fingerprint density at radius 3 is 2.16 bits per heavy atom. The van der Waals surface area contributed by atoms with E-state index in [0.717, 1.165) is 13.0 Å². The van der Waals surface area contributed by atoms with E-state index in [2.05, 4.69) is 0 Å². The zero-order valence-corrected chi connectivity index (χ0v) is 11.0. The Morgan fingerprint density at radius 1 is 1.11 bits per heavy atom. The first-order chi connectivity index (χ1) is 9.19. The summed E-state index contributed by atoms with van der Waals surface area (Å²) in [6.07, 6.45) is 0.906. The number of aliphatic hydroxyl groups is 1. The number of benzene rings is 1. The van der Waals surface area contributed by atoms with Crippen LogP contribution in [-0.2, 0) is 0 Å². The number of carbonyl (C=O) groups excluding carboxylic acids is 2. The first kappa shape index (κ1) is 13.7. The Morgan fingerprint density at radius 2 is 1.68 bits per heavy atom. The minimum Gasteiger partial charge on any atom is -0.395 e. The Hall–Kier alpha value is -1.72. The normalized spacial score (nSPS) is 14.4. The molecule has 19 heavy (non-hydrogen) atoms. The van der Waals surface area contributed by atoms with Crippen LogP contribution < -0.4 is 0 Å². The highest BCUT2D eigenvalue weighted by Gasteiger charge is 2.35. The van der Waals surface area contributed by atoms with Crippen LogP contribution in [0.2, 0.25) is 0 Å². The molecule has 5 nitrogen and oxygen atoms in total. The van der Waals surface area contributed by atoms with Crippen molar-refractivity contribution in [1.29, 1.82) is 0 Å². The second-order valence-electron chi connectivity index (χ2n) is 4.57. The average molecular weight is 262 g/mol. The Kier molecular flexibility index (Phi) is 4.29. The van der Waals surface area contributed by atoms with Gasteiger partial charge in [0.05, 0.1) is 24.4 Å². The molecule has 0 radical (unpaired) electrons. The lowest BCUT2D eigenvalue weighted by Gasteiger charge is -2.25. The molecule has 2 rings (SSSR count). The highest BCUT2D eigenvalue weighted by Crippen LogP contribution is 2.22. The lowest BCUT2D eigenvalue weighted by Crippen LogP contribution is -2.42. The van der Waals surface area contributed by atoms with Gasteiger partial charge in [-0.1, -0.05) is 19.1 Å². The predicted molar refractivity (Wildman–Crippen MR) is 70.8 cm³/mol. The first-order valence-electron chi connectivity index (χ1n) is 6.47. The number of imide groups is 1. The summed E-state index contributed by atoms with van der Waals surface area (Å²) in [5.41, 5.74) is 0.931. The average Bonchev–Trinajstić information content (AvgIpc) is 2.65. The molecule has 2 amide bonds. The van der Waals surface area contributed by atoms with Crippen molar-refractivity contribution in [2.45, 2.75) is 13.3 Å². The third-order valence-electron chi connectivity index (χ3n) is 3.18. The molecule has 0 saturated heterocycles. The van der Waals surface area contributed by atoms with Gasteiger partial charge in [-0.3, -0.25) is 19.4 Å². The number of fused-ring (bicyclic) bond motifs is 1. The van der Waals surface area contributed by atoms with E-state index in [-0.39, 0.29) is 25.1 Å². The first-order valence-corrected chi connectivity index (χ1v) is 6.47. The number of amides is 2. The minimum absolute atomic E-state index is 0.0170. The fraction of sp³-hybridized carbons (Fsp3) is 0.429. The van der Waals surface area contributed by atoms with Crippen LogP contribution in [0.1, 0.15) is 34.1 Å². The van der Waals surface area contributed by atoms with Gasteiger partial charge in [0, 0.05) is 6.54 Å². The summed E-state index contributed by atoms with van der Waals surface area (Å²) in [7, 11) is 0. The fourth-order valence-corrected chi connectivity index (χ4v) is 2.28. The van der Waals surface area contributed by atoms with Crippen molar-refractivity contribution in [3.63, 3.8) is 0 Å². The van der Waals surface area contributed by atoms with E-state index in [4.69, 9.17) is 5.11 Å². The van der Waals surface area contributed by atoms with E-state index in [0.29, 0.717) is 17.7 Å². The summed E-state index contributed by atoms with van der Waals surface area (Å²) >= 11 is 0. The molecule has 1 aliphatic rings. The lowest BCUT2D eigenvalue weighted by molar-refractivity contribution is 0.0519. The van der Waals surface area contributed by atoms with Gasteiger partial charge < -0.3 is 5.11 Å². The molecule has 0 atom stereocenters. The predicted octanol–water partition coefficient (Wildman–Crippen LogP) is 0.944. The summed E-state index contributed by atoms with van der Waals surface area (Å²) in [6.45, 7) is 3.48. The molecule has 1 N–H and O–H groups in total. The molecule has 1 aromatic rings. The molecule has 1 aliphatic heterocycles. The van der Waals surface area contributed by atoms with E-state index in [1.54, 1.807) is 24.3 Å². The Balaban J connectivity index is 2.15. The van der Waals surface area contributed by atoms with Gasteiger partial charge in [0.1, 0.15) is 0 Å². The Labute approximate surface area is 112 Å². The summed E-state index contributed by atoms with van der Waals surface area (Å²) in [5.74, 6) is -0.501. The zero-order valence-electron chi connectivity index (χ0n) is 11.0. The second kappa shape index (κ2) is 5.95. The Bertz CT molecular complexity index is 446. The number of rotatable bonds is 6. The lowest BCUT2D eigenvalue weighted by atomic mass is 10.1. The molecule has 0 fully saturated rings. The van der Waals surface area contributed by atoms with Gasteiger partial charge in [0.15, 0.2) is 0 Å². The highest BCUT2D eigenvalue weighted by atomic mass is 16.3. The maximum absolute atomic E-state index is 12.2. The number of carbonyl (C=O) groups is 2. The summed E-state index contributed by atoms with van der Waals surface area (Å²) in [5, 5.41) is 9.01. The van der Waals surface area contributed by atoms with Crippen molar-refractivity contribution in [2.75, 3.05) is 26.4 Å². The van der Waals surface area contributed by atoms with Gasteiger partial charge in [-0.05, 0) is 25.1 Å². The summed E-state index contributed by atoms with van der Waals surface area (Å²) in [6, 6.07) is 6.85. The van der Waals surface area contributed by atoms with Crippen LogP contribution in [0.5, 0.6) is 0 Å². The number of hydrogen-bond acceptors (Lipinski definition) is 4. The topological polar surface area (TPSA) is 60.9 Å². The molecule has 5 heteroatoms. The highest BCUT2D eigenvalue weighted by molar-refractivity contribution is 6.21. The van der Waals surface area contributed by atoms with Crippen LogP contribution in [-0.4, -0.2) is 53.1 Å². The molecule has 0 unspecified atom stereocenters. The maximum Gasteiger partial charge on any atom is 0.262 e. The largest absolute Gasteiger partial charge is 0.395 e. The van der Waals surface area contributed by atoms with Crippen LogP contribution in [0.3, 0.4) is 0 Å². The second-order valence-corrected chi connectivity index (χ2v) is 4.57. The third kappa shape index (κ3) is 2.67. The van der Waals surface area contributed by atoms with Crippen LogP contribution in [0.4, 0.5) is 0 Å². The molecule has 0 spiro atoms. The maximum atomic E-state index is 12.2. The van der Waals surface area contributed by atoms with Crippen molar-refractivity contribution in [2.24, 2.45) is 0 Å². The van der Waals surface area contributed by atoms with E-state index in [1.165, 1.54) is 4.90 Å². The van der Waals surface area contributed by atoms with Crippen LogP contribution in [0.15, 0.2) is 24.3 Å². The van der Waals surface area contributed by atoms with Crippen molar-refractivity contribution in [1.82, 2.24) is 9.80 Å².